The summed E-state index contributed by atoms with van der Waals surface area (Å²) in [4.78, 5) is 16.5. The molecule has 0 aliphatic rings. The van der Waals surface area contributed by atoms with Crippen molar-refractivity contribution in [2.75, 3.05) is 6.61 Å². The number of rotatable bonds is 9. The van der Waals surface area contributed by atoms with E-state index in [4.69, 9.17) is 9.15 Å². The van der Waals surface area contributed by atoms with E-state index in [1.165, 1.54) is 0 Å². The van der Waals surface area contributed by atoms with Gasteiger partial charge in [0.1, 0.15) is 5.75 Å². The van der Waals surface area contributed by atoms with E-state index in [0.29, 0.717) is 31.8 Å². The number of aryl methyl sites for hydroxylation is 1. The number of oxazole rings is 1. The van der Waals surface area contributed by atoms with Gasteiger partial charge >= 0.3 is 0 Å². The van der Waals surface area contributed by atoms with Crippen LogP contribution in [-0.2, 0) is 11.2 Å². The molecule has 5 heteroatoms. The van der Waals surface area contributed by atoms with Crippen LogP contribution in [0.3, 0.4) is 0 Å². The molecule has 1 heterocycles. The first kappa shape index (κ1) is 19.7. The number of carbonyl (C=O) groups is 1. The van der Waals surface area contributed by atoms with Gasteiger partial charge in [0, 0.05) is 18.4 Å². The van der Waals surface area contributed by atoms with Crippen molar-refractivity contribution in [3.63, 3.8) is 0 Å². The molecular weight excluding hydrogens is 352 g/mol. The zero-order chi connectivity index (χ0) is 19.8. The van der Waals surface area contributed by atoms with Gasteiger partial charge in [0.15, 0.2) is 11.7 Å². The summed E-state index contributed by atoms with van der Waals surface area (Å²) in [5.41, 5.74) is 2.06. The maximum atomic E-state index is 12.2. The van der Waals surface area contributed by atoms with Crippen molar-refractivity contribution in [3.05, 3.63) is 72.2 Å². The summed E-state index contributed by atoms with van der Waals surface area (Å²) >= 11 is 0. The van der Waals surface area contributed by atoms with E-state index in [1.807, 2.05) is 68.4 Å². The van der Waals surface area contributed by atoms with Gasteiger partial charge < -0.3 is 14.5 Å². The molecule has 5 nitrogen and oxygen atoms in total. The molecular formula is C23H26N2O3. The minimum Gasteiger partial charge on any atom is -0.494 e. The highest BCUT2D eigenvalue weighted by Gasteiger charge is 2.11. The van der Waals surface area contributed by atoms with E-state index in [-0.39, 0.29) is 11.9 Å². The van der Waals surface area contributed by atoms with Gasteiger partial charge in [-0.3, -0.25) is 4.79 Å². The second-order valence-electron chi connectivity index (χ2n) is 6.63. The largest absolute Gasteiger partial charge is 0.494 e. The lowest BCUT2D eigenvalue weighted by atomic mass is 10.1. The quantitative estimate of drug-likeness (QED) is 0.573. The van der Waals surface area contributed by atoms with Crippen LogP contribution in [0.5, 0.6) is 5.75 Å². The molecule has 146 valence electrons. The first-order valence-electron chi connectivity index (χ1n) is 9.68. The lowest BCUT2D eigenvalue weighted by molar-refractivity contribution is -0.121. The lowest BCUT2D eigenvalue weighted by Crippen LogP contribution is -2.26. The topological polar surface area (TPSA) is 64.4 Å². The van der Waals surface area contributed by atoms with Gasteiger partial charge in [-0.05, 0) is 38.0 Å². The molecule has 0 saturated heterocycles. The zero-order valence-electron chi connectivity index (χ0n) is 16.4. The number of aromatic nitrogens is 1. The third-order valence-corrected chi connectivity index (χ3v) is 4.47. The Balaban J connectivity index is 1.43. The molecule has 1 aromatic heterocycles. The third kappa shape index (κ3) is 5.46. The predicted octanol–water partition coefficient (Wildman–Crippen LogP) is 4.94. The highest BCUT2D eigenvalue weighted by molar-refractivity contribution is 5.76. The Labute approximate surface area is 165 Å². The molecule has 0 bridgehead atoms. The molecule has 2 aromatic carbocycles. The second-order valence-corrected chi connectivity index (χ2v) is 6.63. The summed E-state index contributed by atoms with van der Waals surface area (Å²) < 4.78 is 11.2. The molecule has 0 aliphatic heterocycles. The fourth-order valence-corrected chi connectivity index (χ4v) is 2.98. The van der Waals surface area contributed by atoms with Crippen molar-refractivity contribution in [2.45, 2.75) is 39.2 Å². The van der Waals surface area contributed by atoms with Crippen LogP contribution in [0.25, 0.3) is 11.3 Å². The Kier molecular flexibility index (Phi) is 6.84. The molecule has 0 saturated carbocycles. The van der Waals surface area contributed by atoms with Crippen molar-refractivity contribution in [3.8, 4) is 17.1 Å². The predicted molar refractivity (Wildman–Crippen MR) is 109 cm³/mol. The third-order valence-electron chi connectivity index (χ3n) is 4.47. The van der Waals surface area contributed by atoms with E-state index in [9.17, 15) is 4.79 Å². The molecule has 0 radical (unpaired) electrons. The van der Waals surface area contributed by atoms with E-state index in [2.05, 4.69) is 10.3 Å². The van der Waals surface area contributed by atoms with Crippen LogP contribution >= 0.6 is 0 Å². The van der Waals surface area contributed by atoms with Gasteiger partial charge in [-0.1, -0.05) is 42.5 Å². The van der Waals surface area contributed by atoms with Crippen LogP contribution in [0.1, 0.15) is 44.2 Å². The SMILES string of the molecule is CCOc1ccc(C(C)NC(=O)CCCc2ncc(-c3ccccc3)o2)cc1. The van der Waals surface area contributed by atoms with Crippen LogP contribution in [0, 0.1) is 0 Å². The van der Waals surface area contributed by atoms with Crippen molar-refractivity contribution in [1.82, 2.24) is 10.3 Å². The van der Waals surface area contributed by atoms with Crippen molar-refractivity contribution in [1.29, 1.82) is 0 Å². The van der Waals surface area contributed by atoms with Crippen LogP contribution < -0.4 is 10.1 Å². The van der Waals surface area contributed by atoms with Crippen LogP contribution in [0.15, 0.2) is 65.2 Å². The normalized spacial score (nSPS) is 11.8. The highest BCUT2D eigenvalue weighted by atomic mass is 16.5. The average Bonchev–Trinajstić information content (AvgIpc) is 3.18. The lowest BCUT2D eigenvalue weighted by Gasteiger charge is -2.15. The van der Waals surface area contributed by atoms with Crippen LogP contribution in [-0.4, -0.2) is 17.5 Å². The van der Waals surface area contributed by atoms with Gasteiger partial charge in [0.25, 0.3) is 0 Å². The molecule has 1 atom stereocenters. The van der Waals surface area contributed by atoms with E-state index < -0.39 is 0 Å². The molecule has 1 unspecified atom stereocenters. The van der Waals surface area contributed by atoms with E-state index in [0.717, 1.165) is 22.6 Å². The van der Waals surface area contributed by atoms with Gasteiger partial charge in [-0.2, -0.15) is 0 Å². The number of nitrogens with zero attached hydrogens (tertiary/aromatic N) is 1. The van der Waals surface area contributed by atoms with Crippen LogP contribution in [0.2, 0.25) is 0 Å². The summed E-state index contributed by atoms with van der Waals surface area (Å²) in [5, 5.41) is 3.03. The van der Waals surface area contributed by atoms with Gasteiger partial charge in [-0.15, -0.1) is 0 Å². The van der Waals surface area contributed by atoms with Gasteiger partial charge in [-0.25, -0.2) is 4.98 Å². The molecule has 28 heavy (non-hydrogen) atoms. The van der Waals surface area contributed by atoms with Crippen molar-refractivity contribution in [2.24, 2.45) is 0 Å². The Hall–Kier alpha value is -3.08. The Bertz CT molecular complexity index is 872. The standard InChI is InChI=1S/C23H26N2O3/c1-3-27-20-14-12-18(13-15-20)17(2)25-22(26)10-7-11-23-24-16-21(28-23)19-8-5-4-6-9-19/h4-6,8-9,12-17H,3,7,10-11H2,1-2H3,(H,25,26). The number of benzene rings is 2. The summed E-state index contributed by atoms with van der Waals surface area (Å²) in [6.45, 7) is 4.58. The molecule has 0 spiro atoms. The number of hydrogen-bond acceptors (Lipinski definition) is 4. The first-order valence-corrected chi connectivity index (χ1v) is 9.68. The van der Waals surface area contributed by atoms with E-state index >= 15 is 0 Å². The summed E-state index contributed by atoms with van der Waals surface area (Å²) in [7, 11) is 0. The van der Waals surface area contributed by atoms with Gasteiger partial charge in [0.2, 0.25) is 5.91 Å². The number of amides is 1. The number of hydrogen-bond donors (Lipinski definition) is 1. The molecule has 0 fully saturated rings. The molecule has 1 N–H and O–H groups in total. The number of carbonyl (C=O) groups excluding carboxylic acids is 1. The minimum atomic E-state index is -0.0467. The molecule has 3 aromatic rings. The van der Waals surface area contributed by atoms with E-state index in [1.54, 1.807) is 6.20 Å². The zero-order valence-corrected chi connectivity index (χ0v) is 16.4. The minimum absolute atomic E-state index is 0.0243. The summed E-state index contributed by atoms with van der Waals surface area (Å²) in [5.74, 6) is 2.28. The number of nitrogens with one attached hydrogen (secondary N) is 1. The molecule has 0 aliphatic carbocycles. The maximum Gasteiger partial charge on any atom is 0.220 e. The smallest absolute Gasteiger partial charge is 0.220 e. The van der Waals surface area contributed by atoms with Crippen molar-refractivity contribution >= 4 is 5.91 Å². The Morgan fingerprint density at radius 3 is 2.61 bits per heavy atom. The average molecular weight is 378 g/mol. The number of ether oxygens (including phenoxy) is 1. The fourth-order valence-electron chi connectivity index (χ4n) is 2.98. The molecule has 3 rings (SSSR count). The highest BCUT2D eigenvalue weighted by Crippen LogP contribution is 2.21. The summed E-state index contributed by atoms with van der Waals surface area (Å²) in [6, 6.07) is 17.6. The Morgan fingerprint density at radius 2 is 1.89 bits per heavy atom. The maximum absolute atomic E-state index is 12.2. The second kappa shape index (κ2) is 9.74. The Morgan fingerprint density at radius 1 is 1.14 bits per heavy atom. The fraction of sp³-hybridized carbons (Fsp3) is 0.304. The molecule has 1 amide bonds. The summed E-state index contributed by atoms with van der Waals surface area (Å²) in [6.07, 6.45) is 3.50. The van der Waals surface area contributed by atoms with Gasteiger partial charge in [0.05, 0.1) is 18.8 Å². The first-order chi connectivity index (χ1) is 13.7. The van der Waals surface area contributed by atoms with Crippen LogP contribution in [0.4, 0.5) is 0 Å². The monoisotopic (exact) mass is 378 g/mol. The van der Waals surface area contributed by atoms with Crippen molar-refractivity contribution < 1.29 is 13.9 Å².